The third kappa shape index (κ3) is 4.52. The van der Waals surface area contributed by atoms with Crippen LogP contribution in [-0.2, 0) is 6.54 Å². The first-order chi connectivity index (χ1) is 16.1. The smallest absolute Gasteiger partial charge is 0.254 e. The summed E-state index contributed by atoms with van der Waals surface area (Å²) in [7, 11) is 2.09. The molecule has 4 aromatic rings. The summed E-state index contributed by atoms with van der Waals surface area (Å²) in [6, 6.07) is 16.9. The number of nitrogens with zero attached hydrogens (tertiary/aromatic N) is 3. The molecule has 6 heteroatoms. The molecular formula is C27H27FN4O. The number of nitrogens with one attached hydrogen (secondary N) is 1. The van der Waals surface area contributed by atoms with Crippen LogP contribution in [0.15, 0.2) is 73.2 Å². The van der Waals surface area contributed by atoms with Crippen LogP contribution in [-0.4, -0.2) is 51.9 Å². The van der Waals surface area contributed by atoms with Crippen LogP contribution in [0.1, 0.15) is 28.8 Å². The van der Waals surface area contributed by atoms with Crippen LogP contribution in [0.3, 0.4) is 0 Å². The molecule has 2 aromatic carbocycles. The molecule has 3 heterocycles. The van der Waals surface area contributed by atoms with Gasteiger partial charge in [0.05, 0.1) is 0 Å². The Morgan fingerprint density at radius 3 is 2.58 bits per heavy atom. The lowest BCUT2D eigenvalue weighted by Gasteiger charge is -2.37. The van der Waals surface area contributed by atoms with E-state index in [0.717, 1.165) is 48.0 Å². The van der Waals surface area contributed by atoms with Gasteiger partial charge in [-0.25, -0.2) is 4.39 Å². The van der Waals surface area contributed by atoms with E-state index in [9.17, 15) is 9.18 Å². The predicted octanol–water partition coefficient (Wildman–Crippen LogP) is 5.11. The molecule has 0 spiro atoms. The number of piperidine rings is 1. The molecule has 1 saturated heterocycles. The van der Waals surface area contributed by atoms with E-state index >= 15 is 0 Å². The van der Waals surface area contributed by atoms with Crippen molar-refractivity contribution in [1.29, 1.82) is 0 Å². The van der Waals surface area contributed by atoms with E-state index in [-0.39, 0.29) is 24.3 Å². The number of pyridine rings is 1. The van der Waals surface area contributed by atoms with Crippen LogP contribution < -0.4 is 0 Å². The Bertz CT molecular complexity index is 1260. The Labute approximate surface area is 192 Å². The minimum absolute atomic E-state index is 0.0705. The van der Waals surface area contributed by atoms with Gasteiger partial charge < -0.3 is 14.8 Å². The summed E-state index contributed by atoms with van der Waals surface area (Å²) < 4.78 is 15.0. The topological polar surface area (TPSA) is 52.2 Å². The number of H-pyrrole nitrogens is 1. The highest BCUT2D eigenvalue weighted by atomic mass is 19.1. The fourth-order valence-corrected chi connectivity index (χ4v) is 4.63. The van der Waals surface area contributed by atoms with Crippen molar-refractivity contribution in [2.24, 2.45) is 0 Å². The predicted molar refractivity (Wildman–Crippen MR) is 128 cm³/mol. The summed E-state index contributed by atoms with van der Waals surface area (Å²) in [6.45, 7) is 2.08. The van der Waals surface area contributed by atoms with Crippen molar-refractivity contribution in [3.63, 3.8) is 0 Å². The van der Waals surface area contributed by atoms with Crippen LogP contribution >= 0.6 is 0 Å². The standard InChI is InChI=1S/C27H27FN4O/c1-31-14-9-24(10-15-31)32(27(33)19-6-11-29-12-7-19)18-23-17-20(2-4-25(23)28)21-3-5-26-22(16-21)8-13-30-26/h2-8,11-13,16-17,24,30H,9-10,14-15,18H2,1H3. The van der Waals surface area contributed by atoms with E-state index in [4.69, 9.17) is 0 Å². The van der Waals surface area contributed by atoms with Gasteiger partial charge in [-0.2, -0.15) is 0 Å². The minimum atomic E-state index is -0.290. The lowest BCUT2D eigenvalue weighted by Crippen LogP contribution is -2.46. The van der Waals surface area contributed by atoms with Gasteiger partial charge in [-0.1, -0.05) is 12.1 Å². The van der Waals surface area contributed by atoms with E-state index in [1.807, 2.05) is 35.4 Å². The average Bonchev–Trinajstić information content (AvgIpc) is 3.32. The maximum absolute atomic E-state index is 15.0. The fourth-order valence-electron chi connectivity index (χ4n) is 4.63. The van der Waals surface area contributed by atoms with Gasteiger partial charge >= 0.3 is 0 Å². The molecule has 1 amide bonds. The van der Waals surface area contributed by atoms with Gasteiger partial charge in [0.15, 0.2) is 0 Å². The number of rotatable bonds is 5. The van der Waals surface area contributed by atoms with Gasteiger partial charge in [-0.3, -0.25) is 9.78 Å². The third-order valence-electron chi connectivity index (χ3n) is 6.59. The van der Waals surface area contributed by atoms with Gasteiger partial charge in [0, 0.05) is 47.8 Å². The molecule has 1 aliphatic rings. The highest BCUT2D eigenvalue weighted by Gasteiger charge is 2.28. The third-order valence-corrected chi connectivity index (χ3v) is 6.59. The summed E-state index contributed by atoms with van der Waals surface area (Å²) in [5.41, 5.74) is 4.14. The Hall–Kier alpha value is -3.51. The highest BCUT2D eigenvalue weighted by molar-refractivity contribution is 5.94. The Balaban J connectivity index is 1.47. The average molecular weight is 443 g/mol. The van der Waals surface area contributed by atoms with Crippen LogP contribution in [0.4, 0.5) is 4.39 Å². The maximum atomic E-state index is 15.0. The molecule has 5 rings (SSSR count). The number of halogens is 1. The molecule has 2 aromatic heterocycles. The zero-order chi connectivity index (χ0) is 22.8. The SMILES string of the molecule is CN1CCC(N(Cc2cc(-c3ccc4[nH]ccc4c3)ccc2F)C(=O)c2ccncc2)CC1. The molecule has 1 aliphatic heterocycles. The van der Waals surface area contributed by atoms with Crippen molar-refractivity contribution in [2.45, 2.75) is 25.4 Å². The van der Waals surface area contributed by atoms with E-state index in [2.05, 4.69) is 28.0 Å². The molecule has 1 N–H and O–H groups in total. The second-order valence-electron chi connectivity index (χ2n) is 8.79. The number of amides is 1. The molecule has 5 nitrogen and oxygen atoms in total. The van der Waals surface area contributed by atoms with Crippen molar-refractivity contribution in [3.05, 3.63) is 90.1 Å². The number of fused-ring (bicyclic) bond motifs is 1. The zero-order valence-corrected chi connectivity index (χ0v) is 18.7. The zero-order valence-electron chi connectivity index (χ0n) is 18.7. The van der Waals surface area contributed by atoms with Crippen LogP contribution in [0.25, 0.3) is 22.0 Å². The highest BCUT2D eigenvalue weighted by Crippen LogP contribution is 2.28. The molecule has 0 radical (unpaired) electrons. The number of aromatic nitrogens is 2. The first-order valence-corrected chi connectivity index (χ1v) is 11.3. The number of carbonyl (C=O) groups is 1. The van der Waals surface area contributed by atoms with Crippen LogP contribution in [0.2, 0.25) is 0 Å². The molecule has 0 saturated carbocycles. The summed E-state index contributed by atoms with van der Waals surface area (Å²) in [5, 5.41) is 1.11. The van der Waals surface area contributed by atoms with E-state index < -0.39 is 0 Å². The number of hydrogen-bond acceptors (Lipinski definition) is 3. The molecule has 0 atom stereocenters. The molecule has 0 unspecified atom stereocenters. The van der Waals surface area contributed by atoms with Gasteiger partial charge in [-0.15, -0.1) is 0 Å². The molecule has 0 bridgehead atoms. The van der Waals surface area contributed by atoms with Crippen molar-refractivity contribution >= 4 is 16.8 Å². The van der Waals surface area contributed by atoms with Crippen molar-refractivity contribution < 1.29 is 9.18 Å². The number of aromatic amines is 1. The van der Waals surface area contributed by atoms with Crippen molar-refractivity contribution in [1.82, 2.24) is 19.8 Å². The quantitative estimate of drug-likeness (QED) is 0.468. The summed E-state index contributed by atoms with van der Waals surface area (Å²) in [6.07, 6.45) is 6.91. The monoisotopic (exact) mass is 442 g/mol. The minimum Gasteiger partial charge on any atom is -0.361 e. The lowest BCUT2D eigenvalue weighted by molar-refractivity contribution is 0.0567. The molecule has 33 heavy (non-hydrogen) atoms. The lowest BCUT2D eigenvalue weighted by atomic mass is 9.98. The summed E-state index contributed by atoms with van der Waals surface area (Å²) >= 11 is 0. The number of benzene rings is 2. The van der Waals surface area contributed by atoms with E-state index in [1.54, 1.807) is 30.6 Å². The molecule has 0 aliphatic carbocycles. The van der Waals surface area contributed by atoms with Gasteiger partial charge in [-0.05, 0) is 92.0 Å². The second kappa shape index (κ2) is 9.16. The van der Waals surface area contributed by atoms with Crippen LogP contribution in [0.5, 0.6) is 0 Å². The molecular weight excluding hydrogens is 415 g/mol. The fraction of sp³-hybridized carbons (Fsp3) is 0.259. The van der Waals surface area contributed by atoms with E-state index in [0.29, 0.717) is 11.1 Å². The largest absolute Gasteiger partial charge is 0.361 e. The Morgan fingerprint density at radius 1 is 1.06 bits per heavy atom. The number of carbonyl (C=O) groups excluding carboxylic acids is 1. The first-order valence-electron chi connectivity index (χ1n) is 11.3. The number of hydrogen-bond donors (Lipinski definition) is 1. The summed E-state index contributed by atoms with van der Waals surface area (Å²) in [5.74, 6) is -0.368. The normalized spacial score (nSPS) is 15.1. The Kier molecular flexibility index (Phi) is 5.92. The summed E-state index contributed by atoms with van der Waals surface area (Å²) in [4.78, 5) is 24.8. The van der Waals surface area contributed by atoms with Gasteiger partial charge in [0.1, 0.15) is 5.82 Å². The molecule has 168 valence electrons. The molecule has 1 fully saturated rings. The van der Waals surface area contributed by atoms with Crippen LogP contribution in [0, 0.1) is 5.82 Å². The van der Waals surface area contributed by atoms with Gasteiger partial charge in [0.2, 0.25) is 0 Å². The number of likely N-dealkylation sites (tertiary alicyclic amines) is 1. The first kappa shape index (κ1) is 21.3. The van der Waals surface area contributed by atoms with E-state index in [1.165, 1.54) is 6.07 Å². The van der Waals surface area contributed by atoms with Gasteiger partial charge in [0.25, 0.3) is 5.91 Å². The van der Waals surface area contributed by atoms with Crippen molar-refractivity contribution in [3.8, 4) is 11.1 Å². The Morgan fingerprint density at radius 2 is 1.79 bits per heavy atom. The second-order valence-corrected chi connectivity index (χ2v) is 8.79. The van der Waals surface area contributed by atoms with Crippen molar-refractivity contribution in [2.75, 3.05) is 20.1 Å². The maximum Gasteiger partial charge on any atom is 0.254 e.